The highest BCUT2D eigenvalue weighted by molar-refractivity contribution is 5.01. The van der Waals surface area contributed by atoms with Gasteiger partial charge in [0.15, 0.2) is 5.82 Å². The fraction of sp³-hybridized carbons (Fsp3) is 0.875. The molecule has 0 bridgehead atoms. The molecule has 112 valence electrons. The highest BCUT2D eigenvalue weighted by Gasteiger charge is 2.29. The zero-order valence-corrected chi connectivity index (χ0v) is 12.8. The summed E-state index contributed by atoms with van der Waals surface area (Å²) in [6.45, 7) is 5.68. The second-order valence-corrected chi connectivity index (χ2v) is 6.76. The molecule has 2 heterocycles. The van der Waals surface area contributed by atoms with Gasteiger partial charge in [-0.3, -0.25) is 0 Å². The highest BCUT2D eigenvalue weighted by atomic mass is 16.5. The number of nitrogens with one attached hydrogen (secondary N) is 1. The maximum Gasteiger partial charge on any atom is 0.243 e. The molecule has 2 aliphatic rings. The molecule has 1 aromatic rings. The predicted octanol–water partition coefficient (Wildman–Crippen LogP) is 3.81. The minimum atomic E-state index is 0.274. The standard InChI is InChI=1S/C16H27N3O/c1-3-12-7-8-17-14(10-12)16-18-15(19-20-16)13-6-4-5-11(2)9-13/h11-14,17H,3-10H2,1-2H3. The third kappa shape index (κ3) is 3.05. The van der Waals surface area contributed by atoms with E-state index in [0.29, 0.717) is 5.92 Å². The minimum Gasteiger partial charge on any atom is -0.338 e. The van der Waals surface area contributed by atoms with Gasteiger partial charge < -0.3 is 9.84 Å². The summed E-state index contributed by atoms with van der Waals surface area (Å²) >= 11 is 0. The van der Waals surface area contributed by atoms with Crippen molar-refractivity contribution in [3.8, 4) is 0 Å². The molecule has 0 amide bonds. The van der Waals surface area contributed by atoms with E-state index in [2.05, 4.69) is 24.3 Å². The lowest BCUT2D eigenvalue weighted by Crippen LogP contribution is -2.31. The van der Waals surface area contributed by atoms with Gasteiger partial charge in [0.1, 0.15) is 0 Å². The molecule has 4 nitrogen and oxygen atoms in total. The van der Waals surface area contributed by atoms with Gasteiger partial charge in [0.05, 0.1) is 6.04 Å². The molecular formula is C16H27N3O. The Morgan fingerprint density at radius 1 is 1.25 bits per heavy atom. The van der Waals surface area contributed by atoms with Crippen LogP contribution in [0.3, 0.4) is 0 Å². The lowest BCUT2D eigenvalue weighted by atomic mass is 9.82. The van der Waals surface area contributed by atoms with E-state index in [4.69, 9.17) is 9.51 Å². The second kappa shape index (κ2) is 6.25. The van der Waals surface area contributed by atoms with E-state index < -0.39 is 0 Å². The molecule has 4 atom stereocenters. The first kappa shape index (κ1) is 14.1. The molecule has 2 fully saturated rings. The third-order valence-corrected chi connectivity index (χ3v) is 5.15. The number of rotatable bonds is 3. The summed E-state index contributed by atoms with van der Waals surface area (Å²) in [5, 5.41) is 7.80. The first-order chi connectivity index (χ1) is 9.76. The van der Waals surface area contributed by atoms with Gasteiger partial charge in [-0.15, -0.1) is 0 Å². The van der Waals surface area contributed by atoms with Crippen LogP contribution < -0.4 is 5.32 Å². The maximum atomic E-state index is 5.56. The Hall–Kier alpha value is -0.900. The Morgan fingerprint density at radius 3 is 2.95 bits per heavy atom. The zero-order chi connectivity index (χ0) is 13.9. The largest absolute Gasteiger partial charge is 0.338 e. The normalized spacial score (nSPS) is 35.1. The Morgan fingerprint density at radius 2 is 2.15 bits per heavy atom. The van der Waals surface area contributed by atoms with E-state index in [1.807, 2.05) is 0 Å². The molecule has 1 saturated carbocycles. The Bertz CT molecular complexity index is 431. The van der Waals surface area contributed by atoms with Gasteiger partial charge in [0, 0.05) is 5.92 Å². The molecule has 1 aliphatic carbocycles. The molecule has 1 N–H and O–H groups in total. The first-order valence-electron chi connectivity index (χ1n) is 8.33. The minimum absolute atomic E-state index is 0.274. The van der Waals surface area contributed by atoms with Crippen LogP contribution in [0, 0.1) is 11.8 Å². The van der Waals surface area contributed by atoms with E-state index in [1.165, 1.54) is 38.5 Å². The van der Waals surface area contributed by atoms with Gasteiger partial charge >= 0.3 is 0 Å². The zero-order valence-electron chi connectivity index (χ0n) is 12.8. The number of piperidine rings is 1. The quantitative estimate of drug-likeness (QED) is 0.912. The smallest absolute Gasteiger partial charge is 0.243 e. The topological polar surface area (TPSA) is 51.0 Å². The van der Waals surface area contributed by atoms with Gasteiger partial charge in [-0.1, -0.05) is 38.3 Å². The predicted molar refractivity (Wildman–Crippen MR) is 78.4 cm³/mol. The third-order valence-electron chi connectivity index (χ3n) is 5.15. The van der Waals surface area contributed by atoms with Crippen molar-refractivity contribution in [2.75, 3.05) is 6.54 Å². The van der Waals surface area contributed by atoms with E-state index in [0.717, 1.165) is 36.5 Å². The summed E-state index contributed by atoms with van der Waals surface area (Å²) < 4.78 is 5.56. The summed E-state index contributed by atoms with van der Waals surface area (Å²) in [5.74, 6) is 3.88. The van der Waals surface area contributed by atoms with Crippen LogP contribution in [0.2, 0.25) is 0 Å². The van der Waals surface area contributed by atoms with Crippen molar-refractivity contribution in [1.29, 1.82) is 0 Å². The van der Waals surface area contributed by atoms with E-state index in [1.54, 1.807) is 0 Å². The summed E-state index contributed by atoms with van der Waals surface area (Å²) in [4.78, 5) is 4.72. The fourth-order valence-electron chi connectivity index (χ4n) is 3.78. The van der Waals surface area contributed by atoms with Crippen LogP contribution in [0.15, 0.2) is 4.52 Å². The molecule has 0 radical (unpaired) electrons. The molecule has 4 unspecified atom stereocenters. The number of hydrogen-bond donors (Lipinski definition) is 1. The summed E-state index contributed by atoms with van der Waals surface area (Å²) in [6, 6.07) is 0.274. The molecule has 1 saturated heterocycles. The Balaban J connectivity index is 1.66. The van der Waals surface area contributed by atoms with Crippen LogP contribution in [0.1, 0.15) is 82.5 Å². The van der Waals surface area contributed by atoms with Crippen LogP contribution in [0.5, 0.6) is 0 Å². The van der Waals surface area contributed by atoms with Crippen LogP contribution in [0.25, 0.3) is 0 Å². The van der Waals surface area contributed by atoms with E-state index in [-0.39, 0.29) is 6.04 Å². The van der Waals surface area contributed by atoms with E-state index in [9.17, 15) is 0 Å². The van der Waals surface area contributed by atoms with Crippen molar-refractivity contribution in [1.82, 2.24) is 15.5 Å². The molecule has 20 heavy (non-hydrogen) atoms. The number of hydrogen-bond acceptors (Lipinski definition) is 4. The molecule has 1 aliphatic heterocycles. The van der Waals surface area contributed by atoms with Gasteiger partial charge in [-0.2, -0.15) is 4.98 Å². The van der Waals surface area contributed by atoms with Gasteiger partial charge in [-0.25, -0.2) is 0 Å². The maximum absolute atomic E-state index is 5.56. The number of aromatic nitrogens is 2. The number of nitrogens with zero attached hydrogens (tertiary/aromatic N) is 2. The molecule has 0 aromatic carbocycles. The Labute approximate surface area is 121 Å². The summed E-state index contributed by atoms with van der Waals surface area (Å²) in [6.07, 6.45) is 8.75. The van der Waals surface area contributed by atoms with Crippen molar-refractivity contribution >= 4 is 0 Å². The summed E-state index contributed by atoms with van der Waals surface area (Å²) in [7, 11) is 0. The highest BCUT2D eigenvalue weighted by Crippen LogP contribution is 2.35. The Kier molecular flexibility index (Phi) is 4.39. The van der Waals surface area contributed by atoms with Gasteiger partial charge in [-0.05, 0) is 44.1 Å². The first-order valence-corrected chi connectivity index (χ1v) is 8.33. The van der Waals surface area contributed by atoms with Crippen LogP contribution in [-0.2, 0) is 0 Å². The average molecular weight is 277 g/mol. The molecule has 4 heteroatoms. The average Bonchev–Trinajstić information content (AvgIpc) is 2.97. The van der Waals surface area contributed by atoms with Crippen molar-refractivity contribution in [3.63, 3.8) is 0 Å². The molecule has 1 aromatic heterocycles. The van der Waals surface area contributed by atoms with Gasteiger partial charge in [0.2, 0.25) is 5.89 Å². The van der Waals surface area contributed by atoms with Crippen LogP contribution in [0.4, 0.5) is 0 Å². The second-order valence-electron chi connectivity index (χ2n) is 6.76. The van der Waals surface area contributed by atoms with Crippen molar-refractivity contribution in [2.45, 2.75) is 70.8 Å². The van der Waals surface area contributed by atoms with Crippen molar-refractivity contribution in [3.05, 3.63) is 11.7 Å². The van der Waals surface area contributed by atoms with Crippen molar-refractivity contribution in [2.24, 2.45) is 11.8 Å². The lowest BCUT2D eigenvalue weighted by Gasteiger charge is -2.27. The summed E-state index contributed by atoms with van der Waals surface area (Å²) in [5.41, 5.74) is 0. The van der Waals surface area contributed by atoms with E-state index >= 15 is 0 Å². The molecular weight excluding hydrogens is 250 g/mol. The van der Waals surface area contributed by atoms with Crippen LogP contribution >= 0.6 is 0 Å². The monoisotopic (exact) mass is 277 g/mol. The molecule has 0 spiro atoms. The van der Waals surface area contributed by atoms with Crippen LogP contribution in [-0.4, -0.2) is 16.7 Å². The molecule has 3 rings (SSSR count). The fourth-order valence-corrected chi connectivity index (χ4v) is 3.78. The van der Waals surface area contributed by atoms with Gasteiger partial charge in [0.25, 0.3) is 0 Å². The SMILES string of the molecule is CCC1CCNC(c2nc(C3CCCC(C)C3)no2)C1. The lowest BCUT2D eigenvalue weighted by molar-refractivity contribution is 0.244. The van der Waals surface area contributed by atoms with Crippen molar-refractivity contribution < 1.29 is 4.52 Å².